The predicted molar refractivity (Wildman–Crippen MR) is 49.6 cm³/mol. The molecule has 1 atom stereocenters. The van der Waals surface area contributed by atoms with Crippen molar-refractivity contribution in [3.8, 4) is 0 Å². The van der Waals surface area contributed by atoms with E-state index in [9.17, 15) is 0 Å². The van der Waals surface area contributed by atoms with E-state index < -0.39 is 0 Å². The molecule has 0 unspecified atom stereocenters. The first-order chi connectivity index (χ1) is 4.93. The van der Waals surface area contributed by atoms with Crippen LogP contribution in [-0.4, -0.2) is 24.5 Å². The molecule has 0 N–H and O–H groups in total. The third kappa shape index (κ3) is 1.64. The van der Waals surface area contributed by atoms with E-state index in [4.69, 9.17) is 0 Å². The van der Waals surface area contributed by atoms with E-state index in [1.165, 1.54) is 0 Å². The van der Waals surface area contributed by atoms with Gasteiger partial charge in [0.2, 0.25) is 0 Å². The second kappa shape index (κ2) is 2.63. The maximum Gasteiger partial charge on any atom is 0.0285 e. The lowest BCUT2D eigenvalue weighted by molar-refractivity contribution is 0.313. The molecule has 0 fully saturated rings. The van der Waals surface area contributed by atoms with E-state index in [-0.39, 0.29) is 0 Å². The van der Waals surface area contributed by atoms with Gasteiger partial charge in [0.1, 0.15) is 0 Å². The maximum atomic E-state index is 2.38. The highest BCUT2D eigenvalue weighted by Gasteiger charge is 2.28. The molecular formula is C10H19N. The molecule has 0 spiro atoms. The van der Waals surface area contributed by atoms with Crippen LogP contribution in [0.5, 0.6) is 0 Å². The Hall–Kier alpha value is -0.300. The van der Waals surface area contributed by atoms with Gasteiger partial charge >= 0.3 is 0 Å². The number of likely N-dealkylation sites (N-methyl/N-ethyl adjacent to an activating group) is 1. The molecule has 1 rings (SSSR count). The molecule has 0 saturated heterocycles. The molecule has 0 aromatic carbocycles. The molecule has 11 heavy (non-hydrogen) atoms. The smallest absolute Gasteiger partial charge is 0.0285 e. The molecule has 0 amide bonds. The van der Waals surface area contributed by atoms with Crippen molar-refractivity contribution in [2.75, 3.05) is 13.6 Å². The molecule has 1 heteroatoms. The Balaban J connectivity index is 2.76. The SMILES string of the molecule is C[C@H]1C(C(C)(C)C)=CCN1C. The van der Waals surface area contributed by atoms with Crippen molar-refractivity contribution in [3.05, 3.63) is 11.6 Å². The fourth-order valence-electron chi connectivity index (χ4n) is 1.74. The number of hydrogen-bond donors (Lipinski definition) is 0. The zero-order valence-electron chi connectivity index (χ0n) is 8.31. The van der Waals surface area contributed by atoms with Crippen LogP contribution in [0.3, 0.4) is 0 Å². The molecule has 1 nitrogen and oxygen atoms in total. The Labute approximate surface area is 70.1 Å². The molecule has 0 radical (unpaired) electrons. The molecule has 0 saturated carbocycles. The molecule has 64 valence electrons. The highest BCUT2D eigenvalue weighted by Crippen LogP contribution is 2.32. The maximum absolute atomic E-state index is 2.38. The summed E-state index contributed by atoms with van der Waals surface area (Å²) in [6.07, 6.45) is 2.37. The summed E-state index contributed by atoms with van der Waals surface area (Å²) in [6.45, 7) is 10.3. The Morgan fingerprint density at radius 2 is 2.00 bits per heavy atom. The van der Waals surface area contributed by atoms with Crippen molar-refractivity contribution in [2.45, 2.75) is 33.7 Å². The van der Waals surface area contributed by atoms with E-state index in [0.717, 1.165) is 6.54 Å². The average Bonchev–Trinajstić information content (AvgIpc) is 2.11. The van der Waals surface area contributed by atoms with E-state index in [2.05, 4.69) is 45.7 Å². The van der Waals surface area contributed by atoms with Gasteiger partial charge in [0.05, 0.1) is 0 Å². The van der Waals surface area contributed by atoms with Gasteiger partial charge in [-0.2, -0.15) is 0 Å². The van der Waals surface area contributed by atoms with Gasteiger partial charge in [-0.1, -0.05) is 32.4 Å². The molecule has 0 bridgehead atoms. The fourth-order valence-corrected chi connectivity index (χ4v) is 1.74. The van der Waals surface area contributed by atoms with Gasteiger partial charge in [-0.3, -0.25) is 4.90 Å². The quantitative estimate of drug-likeness (QED) is 0.483. The Bertz CT molecular complexity index is 174. The second-order valence-electron chi connectivity index (χ2n) is 4.53. The molecular weight excluding hydrogens is 134 g/mol. The summed E-state index contributed by atoms with van der Waals surface area (Å²) >= 11 is 0. The van der Waals surface area contributed by atoms with Crippen LogP contribution in [0, 0.1) is 5.41 Å². The molecule has 1 heterocycles. The molecule has 1 aliphatic rings. The highest BCUT2D eigenvalue weighted by atomic mass is 15.1. The molecule has 0 aliphatic carbocycles. The van der Waals surface area contributed by atoms with Crippen LogP contribution in [0.15, 0.2) is 11.6 Å². The normalized spacial score (nSPS) is 27.4. The van der Waals surface area contributed by atoms with Crippen LogP contribution in [0.1, 0.15) is 27.7 Å². The van der Waals surface area contributed by atoms with Crippen LogP contribution >= 0.6 is 0 Å². The molecule has 0 aromatic rings. The Kier molecular flexibility index (Phi) is 2.10. The van der Waals surface area contributed by atoms with E-state index in [1.54, 1.807) is 5.57 Å². The van der Waals surface area contributed by atoms with Crippen molar-refractivity contribution in [1.82, 2.24) is 4.90 Å². The van der Waals surface area contributed by atoms with Gasteiger partial charge in [0.25, 0.3) is 0 Å². The second-order valence-corrected chi connectivity index (χ2v) is 4.53. The zero-order valence-corrected chi connectivity index (χ0v) is 8.31. The summed E-state index contributed by atoms with van der Waals surface area (Å²) in [4.78, 5) is 2.38. The minimum Gasteiger partial charge on any atom is -0.296 e. The summed E-state index contributed by atoms with van der Waals surface area (Å²) < 4.78 is 0. The van der Waals surface area contributed by atoms with Gasteiger partial charge in [-0.05, 0) is 19.4 Å². The van der Waals surface area contributed by atoms with Crippen LogP contribution < -0.4 is 0 Å². The summed E-state index contributed by atoms with van der Waals surface area (Å²) in [5, 5.41) is 0. The van der Waals surface area contributed by atoms with Crippen molar-refractivity contribution in [1.29, 1.82) is 0 Å². The van der Waals surface area contributed by atoms with E-state index >= 15 is 0 Å². The van der Waals surface area contributed by atoms with E-state index in [0.29, 0.717) is 11.5 Å². The van der Waals surface area contributed by atoms with Crippen LogP contribution in [0.4, 0.5) is 0 Å². The Morgan fingerprint density at radius 3 is 2.18 bits per heavy atom. The summed E-state index contributed by atoms with van der Waals surface area (Å²) in [7, 11) is 2.18. The monoisotopic (exact) mass is 153 g/mol. The predicted octanol–water partition coefficient (Wildman–Crippen LogP) is 2.29. The lowest BCUT2D eigenvalue weighted by atomic mass is 9.83. The van der Waals surface area contributed by atoms with Gasteiger partial charge in [0, 0.05) is 12.6 Å². The van der Waals surface area contributed by atoms with E-state index in [1.807, 2.05) is 0 Å². The summed E-state index contributed by atoms with van der Waals surface area (Å²) in [6, 6.07) is 0.634. The Morgan fingerprint density at radius 1 is 1.45 bits per heavy atom. The first kappa shape index (κ1) is 8.79. The van der Waals surface area contributed by atoms with Crippen LogP contribution in [0.25, 0.3) is 0 Å². The largest absolute Gasteiger partial charge is 0.296 e. The van der Waals surface area contributed by atoms with Gasteiger partial charge < -0.3 is 0 Å². The minimum atomic E-state index is 0.351. The zero-order chi connectivity index (χ0) is 8.65. The van der Waals surface area contributed by atoms with Crippen molar-refractivity contribution in [3.63, 3.8) is 0 Å². The number of nitrogens with zero attached hydrogens (tertiary/aromatic N) is 1. The van der Waals surface area contributed by atoms with Gasteiger partial charge in [0.15, 0.2) is 0 Å². The van der Waals surface area contributed by atoms with Gasteiger partial charge in [-0.15, -0.1) is 0 Å². The molecule has 0 aromatic heterocycles. The van der Waals surface area contributed by atoms with Gasteiger partial charge in [-0.25, -0.2) is 0 Å². The van der Waals surface area contributed by atoms with Crippen molar-refractivity contribution in [2.24, 2.45) is 5.41 Å². The lowest BCUT2D eigenvalue weighted by Crippen LogP contribution is -2.28. The third-order valence-corrected chi connectivity index (χ3v) is 2.58. The minimum absolute atomic E-state index is 0.351. The van der Waals surface area contributed by atoms with Crippen molar-refractivity contribution >= 4 is 0 Å². The van der Waals surface area contributed by atoms with Crippen molar-refractivity contribution < 1.29 is 0 Å². The summed E-state index contributed by atoms with van der Waals surface area (Å²) in [5.41, 5.74) is 1.93. The topological polar surface area (TPSA) is 3.24 Å². The number of rotatable bonds is 0. The summed E-state index contributed by atoms with van der Waals surface area (Å²) in [5.74, 6) is 0. The fraction of sp³-hybridized carbons (Fsp3) is 0.800. The highest BCUT2D eigenvalue weighted by molar-refractivity contribution is 5.22. The number of hydrogen-bond acceptors (Lipinski definition) is 1. The van der Waals surface area contributed by atoms with Crippen LogP contribution in [-0.2, 0) is 0 Å². The first-order valence-corrected chi connectivity index (χ1v) is 4.33. The lowest BCUT2D eigenvalue weighted by Gasteiger charge is -2.27. The van der Waals surface area contributed by atoms with Crippen LogP contribution in [0.2, 0.25) is 0 Å². The standard InChI is InChI=1S/C10H19N/c1-8-9(10(2,3)4)6-7-11(8)5/h6,8H,7H2,1-5H3/t8-/m0/s1. The molecule has 1 aliphatic heterocycles. The average molecular weight is 153 g/mol. The third-order valence-electron chi connectivity index (χ3n) is 2.58. The first-order valence-electron chi connectivity index (χ1n) is 4.33.